The summed E-state index contributed by atoms with van der Waals surface area (Å²) >= 11 is 1.66. The normalized spacial score (nSPS) is 15.5. The summed E-state index contributed by atoms with van der Waals surface area (Å²) in [7, 11) is -3.13. The van der Waals surface area contributed by atoms with Crippen LogP contribution in [0.25, 0.3) is 11.3 Å². The summed E-state index contributed by atoms with van der Waals surface area (Å²) in [5, 5.41) is 8.78. The Morgan fingerprint density at radius 2 is 2.29 bits per heavy atom. The molecule has 5 nitrogen and oxygen atoms in total. The van der Waals surface area contributed by atoms with Crippen LogP contribution in [0.15, 0.2) is 22.9 Å². The molecule has 2 aromatic heterocycles. The first-order chi connectivity index (χ1) is 10.1. The zero-order valence-corrected chi connectivity index (χ0v) is 13.6. The van der Waals surface area contributed by atoms with Crippen molar-refractivity contribution in [1.82, 2.24) is 14.5 Å². The third-order valence-corrected chi connectivity index (χ3v) is 5.74. The Balaban J connectivity index is 1.74. The molecule has 1 aliphatic carbocycles. The quantitative estimate of drug-likeness (QED) is 0.850. The Kier molecular flexibility index (Phi) is 4.14. The summed E-state index contributed by atoms with van der Waals surface area (Å²) in [6.45, 7) is 2.61. The van der Waals surface area contributed by atoms with E-state index in [-0.39, 0.29) is 5.75 Å². The summed E-state index contributed by atoms with van der Waals surface area (Å²) in [6, 6.07) is 4.21. The van der Waals surface area contributed by atoms with Crippen molar-refractivity contribution in [2.75, 3.05) is 12.3 Å². The average Bonchev–Trinajstić information content (AvgIpc) is 3.00. The van der Waals surface area contributed by atoms with Gasteiger partial charge in [0.2, 0.25) is 10.0 Å². The number of nitrogens with zero attached hydrogens (tertiary/aromatic N) is 2. The van der Waals surface area contributed by atoms with Gasteiger partial charge in [0, 0.05) is 29.1 Å². The fraction of sp³-hybridized carbons (Fsp3) is 0.500. The van der Waals surface area contributed by atoms with Crippen LogP contribution < -0.4 is 4.72 Å². The van der Waals surface area contributed by atoms with Crippen LogP contribution in [0.5, 0.6) is 0 Å². The molecule has 114 valence electrons. The minimum atomic E-state index is -3.13. The van der Waals surface area contributed by atoms with Gasteiger partial charge in [-0.3, -0.25) is 4.68 Å². The molecular formula is C14H19N3O2S2. The maximum absolute atomic E-state index is 11.5. The van der Waals surface area contributed by atoms with E-state index in [1.54, 1.807) is 18.3 Å². The topological polar surface area (TPSA) is 64.0 Å². The molecular weight excluding hydrogens is 306 g/mol. The van der Waals surface area contributed by atoms with Crippen LogP contribution >= 0.6 is 11.3 Å². The lowest BCUT2D eigenvalue weighted by molar-refractivity contribution is 0.552. The molecule has 1 aliphatic rings. The second-order valence-electron chi connectivity index (χ2n) is 5.26. The molecule has 7 heteroatoms. The second kappa shape index (κ2) is 5.90. The average molecular weight is 325 g/mol. The summed E-state index contributed by atoms with van der Waals surface area (Å²) in [6.07, 6.45) is 2.41. The Labute approximate surface area is 129 Å². The van der Waals surface area contributed by atoms with Crippen LogP contribution in [-0.2, 0) is 16.6 Å². The lowest BCUT2D eigenvalue weighted by Crippen LogP contribution is -2.29. The molecule has 0 bridgehead atoms. The zero-order valence-electron chi connectivity index (χ0n) is 11.9. The van der Waals surface area contributed by atoms with Gasteiger partial charge in [0.15, 0.2) is 0 Å². The standard InChI is InChI=1S/C14H19N3O2S2/c1-2-21(18,19)15-6-7-17-14(11-3-4-11)9-13(16-17)12-5-8-20-10-12/h5,8-11,15H,2-4,6-7H2,1H3. The fourth-order valence-electron chi connectivity index (χ4n) is 2.28. The minimum absolute atomic E-state index is 0.113. The predicted octanol–water partition coefficient (Wildman–Crippen LogP) is 2.43. The lowest BCUT2D eigenvalue weighted by Gasteiger charge is -2.07. The van der Waals surface area contributed by atoms with E-state index in [0.29, 0.717) is 19.0 Å². The number of rotatable bonds is 7. The van der Waals surface area contributed by atoms with E-state index in [2.05, 4.69) is 27.3 Å². The molecule has 21 heavy (non-hydrogen) atoms. The van der Waals surface area contributed by atoms with Crippen molar-refractivity contribution in [2.45, 2.75) is 32.2 Å². The van der Waals surface area contributed by atoms with Gasteiger partial charge < -0.3 is 0 Å². The van der Waals surface area contributed by atoms with E-state index in [1.165, 1.54) is 18.5 Å². The zero-order chi connectivity index (χ0) is 14.9. The van der Waals surface area contributed by atoms with Crippen LogP contribution in [-0.4, -0.2) is 30.5 Å². The molecule has 0 saturated heterocycles. The third kappa shape index (κ3) is 3.53. The minimum Gasteiger partial charge on any atom is -0.267 e. The van der Waals surface area contributed by atoms with E-state index < -0.39 is 10.0 Å². The van der Waals surface area contributed by atoms with E-state index in [9.17, 15) is 8.42 Å². The van der Waals surface area contributed by atoms with Gasteiger partial charge in [-0.25, -0.2) is 13.1 Å². The molecule has 0 radical (unpaired) electrons. The summed E-state index contributed by atoms with van der Waals surface area (Å²) in [5.41, 5.74) is 3.35. The predicted molar refractivity (Wildman–Crippen MR) is 85.0 cm³/mol. The van der Waals surface area contributed by atoms with Crippen molar-refractivity contribution in [1.29, 1.82) is 0 Å². The molecule has 3 rings (SSSR count). The first kappa shape index (κ1) is 14.7. The molecule has 2 heterocycles. The molecule has 1 saturated carbocycles. The van der Waals surface area contributed by atoms with E-state index >= 15 is 0 Å². The van der Waals surface area contributed by atoms with Gasteiger partial charge in [0.05, 0.1) is 18.0 Å². The number of thiophene rings is 1. The monoisotopic (exact) mass is 325 g/mol. The largest absolute Gasteiger partial charge is 0.267 e. The molecule has 0 atom stereocenters. The molecule has 0 aliphatic heterocycles. The van der Waals surface area contributed by atoms with Crippen molar-refractivity contribution >= 4 is 21.4 Å². The maximum atomic E-state index is 11.5. The van der Waals surface area contributed by atoms with Crippen LogP contribution in [0.2, 0.25) is 0 Å². The molecule has 1 N–H and O–H groups in total. The summed E-state index contributed by atoms with van der Waals surface area (Å²) in [5.74, 6) is 0.703. The second-order valence-corrected chi connectivity index (χ2v) is 8.14. The van der Waals surface area contributed by atoms with Crippen LogP contribution in [0.4, 0.5) is 0 Å². The van der Waals surface area contributed by atoms with Crippen molar-refractivity contribution in [2.24, 2.45) is 0 Å². The Morgan fingerprint density at radius 1 is 1.48 bits per heavy atom. The first-order valence-corrected chi connectivity index (χ1v) is 9.76. The highest BCUT2D eigenvalue weighted by atomic mass is 32.2. The number of sulfonamides is 1. The van der Waals surface area contributed by atoms with Gasteiger partial charge in [-0.05, 0) is 37.3 Å². The SMILES string of the molecule is CCS(=O)(=O)NCCn1nc(-c2ccsc2)cc1C1CC1. The molecule has 0 unspecified atom stereocenters. The van der Waals surface area contributed by atoms with Crippen LogP contribution in [0.3, 0.4) is 0 Å². The van der Waals surface area contributed by atoms with Gasteiger partial charge in [0.1, 0.15) is 0 Å². The number of aromatic nitrogens is 2. The number of hydrogen-bond donors (Lipinski definition) is 1. The van der Waals surface area contributed by atoms with E-state index in [0.717, 1.165) is 11.3 Å². The van der Waals surface area contributed by atoms with Gasteiger partial charge in [-0.2, -0.15) is 16.4 Å². The smallest absolute Gasteiger partial charge is 0.211 e. The van der Waals surface area contributed by atoms with Gasteiger partial charge in [0.25, 0.3) is 0 Å². The van der Waals surface area contributed by atoms with Crippen LogP contribution in [0, 0.1) is 0 Å². The Bertz CT molecular complexity index is 701. The highest BCUT2D eigenvalue weighted by molar-refractivity contribution is 7.89. The summed E-state index contributed by atoms with van der Waals surface area (Å²) in [4.78, 5) is 0. The van der Waals surface area contributed by atoms with Crippen LogP contribution in [0.1, 0.15) is 31.4 Å². The van der Waals surface area contributed by atoms with Crippen molar-refractivity contribution in [3.63, 3.8) is 0 Å². The molecule has 1 fully saturated rings. The van der Waals surface area contributed by atoms with Crippen molar-refractivity contribution in [3.05, 3.63) is 28.6 Å². The Morgan fingerprint density at radius 3 is 2.90 bits per heavy atom. The molecule has 0 aromatic carbocycles. The van der Waals surface area contributed by atoms with Gasteiger partial charge in [-0.15, -0.1) is 0 Å². The van der Waals surface area contributed by atoms with Crippen molar-refractivity contribution in [3.8, 4) is 11.3 Å². The molecule has 2 aromatic rings. The maximum Gasteiger partial charge on any atom is 0.211 e. The third-order valence-electron chi connectivity index (χ3n) is 3.65. The van der Waals surface area contributed by atoms with E-state index in [4.69, 9.17) is 0 Å². The van der Waals surface area contributed by atoms with E-state index in [1.807, 2.05) is 10.1 Å². The van der Waals surface area contributed by atoms with Crippen molar-refractivity contribution < 1.29 is 8.42 Å². The highest BCUT2D eigenvalue weighted by Crippen LogP contribution is 2.41. The highest BCUT2D eigenvalue weighted by Gasteiger charge is 2.28. The van der Waals surface area contributed by atoms with Gasteiger partial charge >= 0.3 is 0 Å². The first-order valence-electron chi connectivity index (χ1n) is 7.16. The summed E-state index contributed by atoms with van der Waals surface area (Å²) < 4.78 is 27.5. The number of nitrogens with one attached hydrogen (secondary N) is 1. The fourth-order valence-corrected chi connectivity index (χ4v) is 3.53. The molecule has 0 spiro atoms. The Hall–Kier alpha value is -1.18. The number of hydrogen-bond acceptors (Lipinski definition) is 4. The lowest BCUT2D eigenvalue weighted by atomic mass is 10.2. The van der Waals surface area contributed by atoms with Gasteiger partial charge in [-0.1, -0.05) is 0 Å². The molecule has 0 amide bonds.